The lowest BCUT2D eigenvalue weighted by molar-refractivity contribution is 0.198. The molecule has 1 aromatic rings. The number of hydrogen-bond acceptors (Lipinski definition) is 4. The van der Waals surface area contributed by atoms with Gasteiger partial charge in [0.15, 0.2) is 0 Å². The Hall–Kier alpha value is -0.870. The summed E-state index contributed by atoms with van der Waals surface area (Å²) in [5, 5.41) is 3.94. The molecular formula is C11H19N3O. The number of likely N-dealkylation sites (tertiary alicyclic amines) is 1. The fraction of sp³-hybridized carbons (Fsp3) is 0.727. The SMILES string of the molecule is CCN1CCCC(c2cc(CN)no2)C1. The molecule has 2 N–H and O–H groups in total. The van der Waals surface area contributed by atoms with Gasteiger partial charge < -0.3 is 15.2 Å². The Morgan fingerprint density at radius 2 is 2.53 bits per heavy atom. The van der Waals surface area contributed by atoms with Crippen LogP contribution < -0.4 is 5.73 Å². The highest BCUT2D eigenvalue weighted by atomic mass is 16.5. The van der Waals surface area contributed by atoms with E-state index in [1.807, 2.05) is 6.07 Å². The predicted molar refractivity (Wildman–Crippen MR) is 58.5 cm³/mol. The first kappa shape index (κ1) is 10.6. The van der Waals surface area contributed by atoms with Gasteiger partial charge in [0.2, 0.25) is 0 Å². The summed E-state index contributed by atoms with van der Waals surface area (Å²) in [5.41, 5.74) is 6.37. The second-order valence-corrected chi connectivity index (χ2v) is 4.16. The van der Waals surface area contributed by atoms with Gasteiger partial charge in [-0.15, -0.1) is 0 Å². The van der Waals surface area contributed by atoms with E-state index in [-0.39, 0.29) is 0 Å². The minimum absolute atomic E-state index is 0.466. The second kappa shape index (κ2) is 4.77. The summed E-state index contributed by atoms with van der Waals surface area (Å²) in [4.78, 5) is 2.46. The van der Waals surface area contributed by atoms with E-state index in [2.05, 4.69) is 17.0 Å². The van der Waals surface area contributed by atoms with Crippen LogP contribution >= 0.6 is 0 Å². The van der Waals surface area contributed by atoms with Gasteiger partial charge in [0.05, 0.1) is 5.69 Å². The van der Waals surface area contributed by atoms with Crippen LogP contribution in [-0.2, 0) is 6.54 Å². The molecule has 1 aliphatic rings. The monoisotopic (exact) mass is 209 g/mol. The van der Waals surface area contributed by atoms with Crippen molar-refractivity contribution in [2.24, 2.45) is 5.73 Å². The first-order valence-corrected chi connectivity index (χ1v) is 5.71. The van der Waals surface area contributed by atoms with Gasteiger partial charge >= 0.3 is 0 Å². The molecule has 0 amide bonds. The zero-order valence-electron chi connectivity index (χ0n) is 9.28. The molecule has 1 atom stereocenters. The molecule has 1 aliphatic heterocycles. The van der Waals surface area contributed by atoms with E-state index in [1.165, 1.54) is 19.4 Å². The first-order valence-electron chi connectivity index (χ1n) is 5.71. The molecule has 84 valence electrons. The summed E-state index contributed by atoms with van der Waals surface area (Å²) < 4.78 is 5.33. The fourth-order valence-corrected chi connectivity index (χ4v) is 2.19. The van der Waals surface area contributed by atoms with Gasteiger partial charge in [-0.1, -0.05) is 12.1 Å². The van der Waals surface area contributed by atoms with Crippen LogP contribution in [0.25, 0.3) is 0 Å². The molecule has 0 spiro atoms. The van der Waals surface area contributed by atoms with Crippen LogP contribution in [0, 0.1) is 0 Å². The third-order valence-corrected chi connectivity index (χ3v) is 3.14. The summed E-state index contributed by atoms with van der Waals surface area (Å²) >= 11 is 0. The lowest BCUT2D eigenvalue weighted by Gasteiger charge is -2.30. The first-order chi connectivity index (χ1) is 7.33. The molecule has 1 saturated heterocycles. The summed E-state index contributed by atoms with van der Waals surface area (Å²) in [6, 6.07) is 2.00. The van der Waals surface area contributed by atoms with Crippen LogP contribution in [0.5, 0.6) is 0 Å². The molecule has 0 radical (unpaired) electrons. The smallest absolute Gasteiger partial charge is 0.141 e. The largest absolute Gasteiger partial charge is 0.361 e. The molecule has 1 fully saturated rings. The Labute approximate surface area is 90.4 Å². The number of rotatable bonds is 3. The quantitative estimate of drug-likeness (QED) is 0.816. The lowest BCUT2D eigenvalue weighted by atomic mass is 9.95. The maximum absolute atomic E-state index is 5.51. The maximum atomic E-state index is 5.51. The van der Waals surface area contributed by atoms with E-state index >= 15 is 0 Å². The van der Waals surface area contributed by atoms with E-state index in [0.717, 1.165) is 24.5 Å². The molecule has 1 unspecified atom stereocenters. The third kappa shape index (κ3) is 2.38. The summed E-state index contributed by atoms with van der Waals surface area (Å²) in [5.74, 6) is 1.51. The van der Waals surface area contributed by atoms with E-state index in [1.54, 1.807) is 0 Å². The molecular weight excluding hydrogens is 190 g/mol. The van der Waals surface area contributed by atoms with E-state index in [4.69, 9.17) is 10.3 Å². The van der Waals surface area contributed by atoms with Gasteiger partial charge in [0.1, 0.15) is 5.76 Å². The van der Waals surface area contributed by atoms with Crippen molar-refractivity contribution in [3.8, 4) is 0 Å². The molecule has 4 nitrogen and oxygen atoms in total. The molecule has 0 aromatic carbocycles. The average Bonchev–Trinajstić information content (AvgIpc) is 2.78. The number of likely N-dealkylation sites (N-methyl/N-ethyl adjacent to an activating group) is 1. The second-order valence-electron chi connectivity index (χ2n) is 4.16. The Morgan fingerprint density at radius 3 is 3.20 bits per heavy atom. The molecule has 4 heteroatoms. The van der Waals surface area contributed by atoms with Crippen LogP contribution in [0.15, 0.2) is 10.6 Å². The van der Waals surface area contributed by atoms with E-state index < -0.39 is 0 Å². The normalized spacial score (nSPS) is 23.2. The number of piperidine rings is 1. The van der Waals surface area contributed by atoms with Gasteiger partial charge in [-0.2, -0.15) is 0 Å². The van der Waals surface area contributed by atoms with Crippen molar-refractivity contribution >= 4 is 0 Å². The molecule has 2 rings (SSSR count). The standard InChI is InChI=1S/C11H19N3O/c1-2-14-5-3-4-9(8-14)11-6-10(7-12)13-15-11/h6,9H,2-5,7-8,12H2,1H3. The maximum Gasteiger partial charge on any atom is 0.141 e. The van der Waals surface area contributed by atoms with Gasteiger partial charge in [0, 0.05) is 25.1 Å². The summed E-state index contributed by atoms with van der Waals surface area (Å²) in [6.45, 7) is 6.09. The van der Waals surface area contributed by atoms with Crippen LogP contribution in [0.3, 0.4) is 0 Å². The lowest BCUT2D eigenvalue weighted by Crippen LogP contribution is -2.33. The highest BCUT2D eigenvalue weighted by molar-refractivity contribution is 5.11. The number of nitrogens with two attached hydrogens (primary N) is 1. The Bertz CT molecular complexity index is 311. The van der Waals surface area contributed by atoms with Crippen molar-refractivity contribution in [2.45, 2.75) is 32.2 Å². The molecule has 0 aliphatic carbocycles. The molecule has 0 bridgehead atoms. The number of nitrogens with zero attached hydrogens (tertiary/aromatic N) is 2. The Kier molecular flexibility index (Phi) is 3.38. The zero-order valence-corrected chi connectivity index (χ0v) is 9.28. The molecule has 1 aromatic heterocycles. The van der Waals surface area contributed by atoms with E-state index in [9.17, 15) is 0 Å². The van der Waals surface area contributed by atoms with Crippen molar-refractivity contribution in [3.05, 3.63) is 17.5 Å². The Morgan fingerprint density at radius 1 is 1.67 bits per heavy atom. The van der Waals surface area contributed by atoms with Crippen molar-refractivity contribution < 1.29 is 4.52 Å². The van der Waals surface area contributed by atoms with Crippen molar-refractivity contribution in [2.75, 3.05) is 19.6 Å². The number of hydrogen-bond donors (Lipinski definition) is 1. The van der Waals surface area contributed by atoms with Gasteiger partial charge in [-0.25, -0.2) is 0 Å². The fourth-order valence-electron chi connectivity index (χ4n) is 2.19. The van der Waals surface area contributed by atoms with Crippen LogP contribution in [-0.4, -0.2) is 29.7 Å². The van der Waals surface area contributed by atoms with Gasteiger partial charge in [-0.3, -0.25) is 0 Å². The van der Waals surface area contributed by atoms with Crippen LogP contribution in [0.4, 0.5) is 0 Å². The number of aromatic nitrogens is 1. The van der Waals surface area contributed by atoms with Crippen LogP contribution in [0.2, 0.25) is 0 Å². The Balaban J connectivity index is 2.03. The topological polar surface area (TPSA) is 55.3 Å². The van der Waals surface area contributed by atoms with Crippen molar-refractivity contribution in [3.63, 3.8) is 0 Å². The molecule has 0 saturated carbocycles. The molecule has 15 heavy (non-hydrogen) atoms. The average molecular weight is 209 g/mol. The van der Waals surface area contributed by atoms with Crippen molar-refractivity contribution in [1.29, 1.82) is 0 Å². The summed E-state index contributed by atoms with van der Waals surface area (Å²) in [7, 11) is 0. The zero-order chi connectivity index (χ0) is 10.7. The van der Waals surface area contributed by atoms with E-state index in [0.29, 0.717) is 12.5 Å². The highest BCUT2D eigenvalue weighted by Crippen LogP contribution is 2.27. The molecule has 2 heterocycles. The van der Waals surface area contributed by atoms with Crippen LogP contribution in [0.1, 0.15) is 37.1 Å². The summed E-state index contributed by atoms with van der Waals surface area (Å²) in [6.07, 6.45) is 2.45. The predicted octanol–water partition coefficient (Wildman–Crippen LogP) is 1.33. The van der Waals surface area contributed by atoms with Gasteiger partial charge in [-0.05, 0) is 25.9 Å². The minimum Gasteiger partial charge on any atom is -0.361 e. The third-order valence-electron chi connectivity index (χ3n) is 3.14. The minimum atomic E-state index is 0.466. The van der Waals surface area contributed by atoms with Crippen molar-refractivity contribution in [1.82, 2.24) is 10.1 Å². The van der Waals surface area contributed by atoms with Gasteiger partial charge in [0.25, 0.3) is 0 Å². The highest BCUT2D eigenvalue weighted by Gasteiger charge is 2.23.